The summed E-state index contributed by atoms with van der Waals surface area (Å²) in [7, 11) is 0. The van der Waals surface area contributed by atoms with Gasteiger partial charge >= 0.3 is 0 Å². The van der Waals surface area contributed by atoms with Gasteiger partial charge in [0.1, 0.15) is 5.76 Å². The lowest BCUT2D eigenvalue weighted by Gasteiger charge is -2.34. The fourth-order valence-electron chi connectivity index (χ4n) is 4.04. The molecular formula is C20H24N2O3. The Morgan fingerprint density at radius 1 is 1.20 bits per heavy atom. The molecule has 5 heteroatoms. The van der Waals surface area contributed by atoms with Crippen molar-refractivity contribution >= 4 is 11.6 Å². The van der Waals surface area contributed by atoms with Gasteiger partial charge in [0.15, 0.2) is 0 Å². The molecule has 1 spiro atoms. The zero-order valence-electron chi connectivity index (χ0n) is 14.5. The number of carbonyl (C=O) groups is 1. The van der Waals surface area contributed by atoms with Crippen molar-refractivity contribution in [3.8, 4) is 0 Å². The molecule has 2 aliphatic heterocycles. The van der Waals surface area contributed by atoms with Gasteiger partial charge in [-0.25, -0.2) is 0 Å². The predicted molar refractivity (Wildman–Crippen MR) is 95.9 cm³/mol. The molecule has 1 amide bonds. The van der Waals surface area contributed by atoms with Gasteiger partial charge in [-0.2, -0.15) is 0 Å². The van der Waals surface area contributed by atoms with E-state index in [0.29, 0.717) is 17.9 Å². The Balaban J connectivity index is 1.65. The molecule has 2 aliphatic rings. The van der Waals surface area contributed by atoms with Crippen LogP contribution in [0, 0.1) is 6.92 Å². The molecule has 132 valence electrons. The molecule has 1 atom stereocenters. The molecule has 25 heavy (non-hydrogen) atoms. The number of hydrogen-bond donors (Lipinski definition) is 1. The van der Waals surface area contributed by atoms with E-state index in [1.54, 1.807) is 12.3 Å². The third-order valence-corrected chi connectivity index (χ3v) is 5.41. The van der Waals surface area contributed by atoms with E-state index in [-0.39, 0.29) is 17.6 Å². The molecule has 1 aromatic heterocycles. The summed E-state index contributed by atoms with van der Waals surface area (Å²) in [5.74, 6) is 0.637. The molecule has 2 fully saturated rings. The van der Waals surface area contributed by atoms with E-state index in [9.17, 15) is 4.79 Å². The van der Waals surface area contributed by atoms with Gasteiger partial charge in [-0.1, -0.05) is 18.2 Å². The standard InChI is InChI=1S/C20H24N2O3/c1-15-18(7-12-24-15)19(23)22(16-5-3-2-4-6-16)17-13-20(25-14-17)8-10-21-11-9-20/h2-7,12,17,21H,8-11,13-14H2,1H3/t17-/m1/s1. The van der Waals surface area contributed by atoms with Crippen molar-refractivity contribution in [2.45, 2.75) is 37.8 Å². The van der Waals surface area contributed by atoms with Crippen molar-refractivity contribution in [1.29, 1.82) is 0 Å². The number of hydrogen-bond acceptors (Lipinski definition) is 4. The van der Waals surface area contributed by atoms with Gasteiger partial charge in [0, 0.05) is 5.69 Å². The summed E-state index contributed by atoms with van der Waals surface area (Å²) in [5, 5.41) is 3.39. The Hall–Kier alpha value is -2.11. The predicted octanol–water partition coefficient (Wildman–Crippen LogP) is 3.15. The number of nitrogens with one attached hydrogen (secondary N) is 1. The molecule has 0 aliphatic carbocycles. The number of ether oxygens (including phenoxy) is 1. The number of amides is 1. The fourth-order valence-corrected chi connectivity index (χ4v) is 4.04. The van der Waals surface area contributed by atoms with Crippen LogP contribution in [0.2, 0.25) is 0 Å². The van der Waals surface area contributed by atoms with Crippen molar-refractivity contribution in [3.05, 3.63) is 54.0 Å². The van der Waals surface area contributed by atoms with Gasteiger partial charge < -0.3 is 19.4 Å². The second-order valence-electron chi connectivity index (χ2n) is 7.00. The molecule has 2 aromatic rings. The van der Waals surface area contributed by atoms with Crippen molar-refractivity contribution in [1.82, 2.24) is 5.32 Å². The van der Waals surface area contributed by atoms with Crippen LogP contribution in [0.1, 0.15) is 35.4 Å². The van der Waals surface area contributed by atoms with Crippen LogP contribution in [0.25, 0.3) is 0 Å². The van der Waals surface area contributed by atoms with Crippen molar-refractivity contribution in [2.75, 3.05) is 24.6 Å². The fraction of sp³-hybridized carbons (Fsp3) is 0.450. The number of nitrogens with zero attached hydrogens (tertiary/aromatic N) is 1. The highest BCUT2D eigenvalue weighted by atomic mass is 16.5. The third kappa shape index (κ3) is 3.10. The monoisotopic (exact) mass is 340 g/mol. The summed E-state index contributed by atoms with van der Waals surface area (Å²) < 4.78 is 11.6. The minimum atomic E-state index is -0.0886. The second kappa shape index (κ2) is 6.65. The lowest BCUT2D eigenvalue weighted by Crippen LogP contribution is -2.44. The normalized spacial score (nSPS) is 22.2. The number of anilines is 1. The molecule has 5 nitrogen and oxygen atoms in total. The zero-order valence-corrected chi connectivity index (χ0v) is 14.5. The summed E-state index contributed by atoms with van der Waals surface area (Å²) in [6.07, 6.45) is 4.47. The van der Waals surface area contributed by atoms with Gasteiger partial charge in [-0.3, -0.25) is 4.79 Å². The SMILES string of the molecule is Cc1occc1C(=O)N(c1ccccc1)[C@H]1COC2(CCNCC2)C1. The molecule has 1 N–H and O–H groups in total. The van der Waals surface area contributed by atoms with Crippen LogP contribution < -0.4 is 10.2 Å². The first kappa shape index (κ1) is 16.4. The third-order valence-electron chi connectivity index (χ3n) is 5.41. The number of rotatable bonds is 3. The number of aryl methyl sites for hydroxylation is 1. The maximum absolute atomic E-state index is 13.3. The molecule has 4 rings (SSSR count). The van der Waals surface area contributed by atoms with Crippen LogP contribution in [0.4, 0.5) is 5.69 Å². The average molecular weight is 340 g/mol. The molecular weight excluding hydrogens is 316 g/mol. The summed E-state index contributed by atoms with van der Waals surface area (Å²) in [6.45, 7) is 4.37. The molecule has 0 bridgehead atoms. The minimum Gasteiger partial charge on any atom is -0.469 e. The Kier molecular flexibility index (Phi) is 4.36. The smallest absolute Gasteiger partial charge is 0.262 e. The lowest BCUT2D eigenvalue weighted by atomic mass is 9.87. The van der Waals surface area contributed by atoms with Gasteiger partial charge in [0.05, 0.1) is 30.1 Å². The largest absolute Gasteiger partial charge is 0.469 e. The van der Waals surface area contributed by atoms with Crippen LogP contribution in [0.5, 0.6) is 0 Å². The van der Waals surface area contributed by atoms with Crippen LogP contribution >= 0.6 is 0 Å². The molecule has 2 saturated heterocycles. The maximum atomic E-state index is 13.3. The van der Waals surface area contributed by atoms with Crippen LogP contribution in [-0.4, -0.2) is 37.2 Å². The highest BCUT2D eigenvalue weighted by molar-refractivity contribution is 6.07. The first-order chi connectivity index (χ1) is 12.2. The van der Waals surface area contributed by atoms with E-state index >= 15 is 0 Å². The van der Waals surface area contributed by atoms with E-state index in [1.165, 1.54) is 0 Å². The van der Waals surface area contributed by atoms with Crippen molar-refractivity contribution in [3.63, 3.8) is 0 Å². The summed E-state index contributed by atoms with van der Waals surface area (Å²) in [4.78, 5) is 15.2. The first-order valence-corrected chi connectivity index (χ1v) is 8.96. The van der Waals surface area contributed by atoms with Crippen LogP contribution in [0.15, 0.2) is 47.1 Å². The van der Waals surface area contributed by atoms with Crippen molar-refractivity contribution in [2.24, 2.45) is 0 Å². The van der Waals surface area contributed by atoms with Crippen molar-refractivity contribution < 1.29 is 13.9 Å². The number of para-hydroxylation sites is 1. The zero-order chi connectivity index (χ0) is 17.3. The molecule has 0 saturated carbocycles. The molecule has 0 radical (unpaired) electrons. The highest BCUT2D eigenvalue weighted by Gasteiger charge is 2.44. The Morgan fingerprint density at radius 3 is 2.64 bits per heavy atom. The number of furan rings is 1. The van der Waals surface area contributed by atoms with Crippen LogP contribution in [-0.2, 0) is 4.74 Å². The van der Waals surface area contributed by atoms with Gasteiger partial charge in [-0.15, -0.1) is 0 Å². The van der Waals surface area contributed by atoms with Gasteiger partial charge in [-0.05, 0) is 57.5 Å². The molecule has 0 unspecified atom stereocenters. The number of carbonyl (C=O) groups excluding carboxylic acids is 1. The maximum Gasteiger partial charge on any atom is 0.262 e. The van der Waals surface area contributed by atoms with E-state index in [2.05, 4.69) is 5.32 Å². The summed E-state index contributed by atoms with van der Waals surface area (Å²) in [5.41, 5.74) is 1.44. The van der Waals surface area contributed by atoms with Gasteiger partial charge in [0.2, 0.25) is 0 Å². The quantitative estimate of drug-likeness (QED) is 0.933. The number of benzene rings is 1. The van der Waals surface area contributed by atoms with E-state index in [0.717, 1.165) is 38.0 Å². The Bertz CT molecular complexity index is 734. The average Bonchev–Trinajstić information content (AvgIpc) is 3.24. The Morgan fingerprint density at radius 2 is 1.96 bits per heavy atom. The number of piperidine rings is 1. The lowest BCUT2D eigenvalue weighted by molar-refractivity contribution is -0.0193. The highest BCUT2D eigenvalue weighted by Crippen LogP contribution is 2.38. The summed E-state index contributed by atoms with van der Waals surface area (Å²) >= 11 is 0. The minimum absolute atomic E-state index is 0.0166. The topological polar surface area (TPSA) is 54.7 Å². The molecule has 1 aromatic carbocycles. The second-order valence-corrected chi connectivity index (χ2v) is 7.00. The van der Waals surface area contributed by atoms with E-state index in [4.69, 9.17) is 9.15 Å². The van der Waals surface area contributed by atoms with Gasteiger partial charge in [0.25, 0.3) is 5.91 Å². The van der Waals surface area contributed by atoms with Crippen LogP contribution in [0.3, 0.4) is 0 Å². The van der Waals surface area contributed by atoms with E-state index < -0.39 is 0 Å². The Labute approximate surface area is 148 Å². The summed E-state index contributed by atoms with van der Waals surface area (Å²) in [6, 6.07) is 11.7. The first-order valence-electron chi connectivity index (χ1n) is 8.96. The molecule has 3 heterocycles. The van der Waals surface area contributed by atoms with E-state index in [1.807, 2.05) is 42.2 Å².